The molecule has 0 atom stereocenters. The molecule has 1 heterocycles. The van der Waals surface area contributed by atoms with Gasteiger partial charge in [-0.1, -0.05) is 93.1 Å². The number of rotatable bonds is 7. The Morgan fingerprint density at radius 3 is 2.09 bits per heavy atom. The zero-order valence-corrected chi connectivity index (χ0v) is 22.3. The summed E-state index contributed by atoms with van der Waals surface area (Å²) in [5.74, 6) is 1.82. The van der Waals surface area contributed by atoms with Gasteiger partial charge in [0, 0.05) is 27.5 Å². The summed E-state index contributed by atoms with van der Waals surface area (Å²) in [5, 5.41) is 10.9. The Balaban J connectivity index is 1.57. The smallest absolute Gasteiger partial charge is 0.115 e. The molecule has 3 aromatic carbocycles. The van der Waals surface area contributed by atoms with Gasteiger partial charge in [-0.15, -0.1) is 23.5 Å². The van der Waals surface area contributed by atoms with Crippen LogP contribution in [0.15, 0.2) is 94.9 Å². The summed E-state index contributed by atoms with van der Waals surface area (Å²) in [5.41, 5.74) is 7.31. The van der Waals surface area contributed by atoms with Crippen LogP contribution in [0, 0.1) is 18.3 Å². The highest BCUT2D eigenvalue weighted by molar-refractivity contribution is 8.03. The highest BCUT2D eigenvalue weighted by atomic mass is 32.2. The maximum Gasteiger partial charge on any atom is 0.115 e. The van der Waals surface area contributed by atoms with Gasteiger partial charge in [-0.2, -0.15) is 5.26 Å². The summed E-state index contributed by atoms with van der Waals surface area (Å²) in [6, 6.07) is 31.9. The van der Waals surface area contributed by atoms with Gasteiger partial charge in [0.05, 0.1) is 11.3 Å². The van der Waals surface area contributed by atoms with Crippen molar-refractivity contribution in [3.63, 3.8) is 0 Å². The molecule has 4 rings (SSSR count). The van der Waals surface area contributed by atoms with E-state index in [1.165, 1.54) is 16.0 Å². The molecule has 2 nitrogen and oxygen atoms in total. The number of hydrogen-bond acceptors (Lipinski definition) is 4. The second-order valence-corrected chi connectivity index (χ2v) is 11.8. The van der Waals surface area contributed by atoms with Gasteiger partial charge >= 0.3 is 0 Å². The Kier molecular flexibility index (Phi) is 8.00. The maximum absolute atomic E-state index is 10.1. The Hall–Kier alpha value is -3.00. The highest BCUT2D eigenvalue weighted by Gasteiger charge is 2.16. The fourth-order valence-corrected chi connectivity index (χ4v) is 5.69. The molecule has 0 N–H and O–H groups in total. The number of aryl methyl sites for hydroxylation is 1. The third kappa shape index (κ3) is 6.36. The predicted molar refractivity (Wildman–Crippen MR) is 151 cm³/mol. The molecule has 4 heteroatoms. The lowest BCUT2D eigenvalue weighted by Gasteiger charge is -2.19. The Labute approximate surface area is 217 Å². The van der Waals surface area contributed by atoms with E-state index in [0.717, 1.165) is 38.9 Å². The van der Waals surface area contributed by atoms with Crippen LogP contribution in [0.4, 0.5) is 0 Å². The first kappa shape index (κ1) is 25.1. The predicted octanol–water partition coefficient (Wildman–Crippen LogP) is 8.78. The SMILES string of the molecule is Cc1ccc(-c2cc(-c3ccccc3)c(C#N)c(SCCSc3ccc(C(C)(C)C)cc3)n2)cc1. The van der Waals surface area contributed by atoms with E-state index >= 15 is 0 Å². The van der Waals surface area contributed by atoms with Gasteiger partial charge in [-0.05, 0) is 41.7 Å². The van der Waals surface area contributed by atoms with Gasteiger partial charge in [-0.25, -0.2) is 4.98 Å². The fourth-order valence-electron chi connectivity index (χ4n) is 3.80. The van der Waals surface area contributed by atoms with Crippen molar-refractivity contribution in [2.75, 3.05) is 11.5 Å². The maximum atomic E-state index is 10.1. The summed E-state index contributed by atoms with van der Waals surface area (Å²) >= 11 is 3.51. The second kappa shape index (κ2) is 11.2. The van der Waals surface area contributed by atoms with Crippen molar-refractivity contribution in [3.8, 4) is 28.5 Å². The van der Waals surface area contributed by atoms with Crippen LogP contribution in [-0.2, 0) is 5.41 Å². The zero-order chi connectivity index (χ0) is 24.8. The average molecular weight is 495 g/mol. The van der Waals surface area contributed by atoms with E-state index in [-0.39, 0.29) is 5.41 Å². The van der Waals surface area contributed by atoms with Crippen LogP contribution in [0.25, 0.3) is 22.4 Å². The van der Waals surface area contributed by atoms with E-state index in [1.807, 2.05) is 36.0 Å². The number of thioether (sulfide) groups is 2. The minimum absolute atomic E-state index is 0.164. The molecule has 0 saturated carbocycles. The molecule has 0 aliphatic carbocycles. The first-order chi connectivity index (χ1) is 16.8. The van der Waals surface area contributed by atoms with Crippen LogP contribution >= 0.6 is 23.5 Å². The van der Waals surface area contributed by atoms with Gasteiger partial charge in [0.25, 0.3) is 0 Å². The minimum Gasteiger partial charge on any atom is -0.240 e. The Morgan fingerprint density at radius 2 is 1.46 bits per heavy atom. The number of pyridine rings is 1. The van der Waals surface area contributed by atoms with Crippen molar-refractivity contribution in [3.05, 3.63) is 102 Å². The second-order valence-electron chi connectivity index (χ2n) is 9.55. The fraction of sp³-hybridized carbons (Fsp3) is 0.226. The Bertz CT molecular complexity index is 1310. The molecular weight excluding hydrogens is 464 g/mol. The molecule has 35 heavy (non-hydrogen) atoms. The number of benzene rings is 3. The molecule has 1 aromatic heterocycles. The quantitative estimate of drug-likeness (QED) is 0.190. The average Bonchev–Trinajstić information content (AvgIpc) is 2.87. The van der Waals surface area contributed by atoms with Gasteiger partial charge in [-0.3, -0.25) is 0 Å². The molecular formula is C31H30N2S2. The molecule has 4 aromatic rings. The number of nitrogens with zero attached hydrogens (tertiary/aromatic N) is 2. The molecule has 0 unspecified atom stereocenters. The summed E-state index contributed by atoms with van der Waals surface area (Å²) < 4.78 is 0. The summed E-state index contributed by atoms with van der Waals surface area (Å²) in [4.78, 5) is 6.21. The summed E-state index contributed by atoms with van der Waals surface area (Å²) in [6.45, 7) is 8.79. The molecule has 176 valence electrons. The van der Waals surface area contributed by atoms with E-state index in [0.29, 0.717) is 5.56 Å². The van der Waals surface area contributed by atoms with E-state index in [9.17, 15) is 5.26 Å². The lowest BCUT2D eigenvalue weighted by Crippen LogP contribution is -2.10. The van der Waals surface area contributed by atoms with Crippen molar-refractivity contribution in [2.45, 2.75) is 43.0 Å². The van der Waals surface area contributed by atoms with Crippen LogP contribution in [0.5, 0.6) is 0 Å². The third-order valence-electron chi connectivity index (χ3n) is 5.84. The first-order valence-electron chi connectivity index (χ1n) is 11.8. The molecule has 0 radical (unpaired) electrons. The van der Waals surface area contributed by atoms with Crippen molar-refractivity contribution >= 4 is 23.5 Å². The molecule has 0 bridgehead atoms. The first-order valence-corrected chi connectivity index (χ1v) is 13.8. The molecule has 0 saturated heterocycles. The highest BCUT2D eigenvalue weighted by Crippen LogP contribution is 2.35. The largest absolute Gasteiger partial charge is 0.240 e. The monoisotopic (exact) mass is 494 g/mol. The summed E-state index contributed by atoms with van der Waals surface area (Å²) in [7, 11) is 0. The number of hydrogen-bond donors (Lipinski definition) is 0. The van der Waals surface area contributed by atoms with E-state index < -0.39 is 0 Å². The van der Waals surface area contributed by atoms with E-state index in [4.69, 9.17) is 4.98 Å². The topological polar surface area (TPSA) is 36.7 Å². The summed E-state index contributed by atoms with van der Waals surface area (Å²) in [6.07, 6.45) is 0. The van der Waals surface area contributed by atoms with Crippen LogP contribution in [0.3, 0.4) is 0 Å². The number of aromatic nitrogens is 1. The van der Waals surface area contributed by atoms with Gasteiger partial charge in [0.1, 0.15) is 11.1 Å². The third-order valence-corrected chi connectivity index (χ3v) is 8.09. The van der Waals surface area contributed by atoms with Crippen molar-refractivity contribution in [1.82, 2.24) is 4.98 Å². The van der Waals surface area contributed by atoms with Crippen LogP contribution in [0.1, 0.15) is 37.5 Å². The van der Waals surface area contributed by atoms with Crippen molar-refractivity contribution in [2.24, 2.45) is 0 Å². The number of nitriles is 1. The standard InChI is InChI=1S/C31H30N2S2/c1-22-10-12-24(13-11-22)29-20-27(23-8-6-5-7-9-23)28(21-32)30(33-29)35-19-18-34-26-16-14-25(15-17-26)31(2,3)4/h5-17,20H,18-19H2,1-4H3. The Morgan fingerprint density at radius 1 is 0.800 bits per heavy atom. The van der Waals surface area contributed by atoms with Gasteiger partial charge in [0.2, 0.25) is 0 Å². The van der Waals surface area contributed by atoms with Gasteiger partial charge < -0.3 is 0 Å². The van der Waals surface area contributed by atoms with Crippen LogP contribution in [0.2, 0.25) is 0 Å². The molecule has 0 spiro atoms. The molecule has 0 aliphatic rings. The van der Waals surface area contributed by atoms with E-state index in [1.54, 1.807) is 11.8 Å². The lowest BCUT2D eigenvalue weighted by atomic mass is 9.87. The van der Waals surface area contributed by atoms with Crippen LogP contribution < -0.4 is 0 Å². The normalized spacial score (nSPS) is 11.3. The van der Waals surface area contributed by atoms with E-state index in [2.05, 4.69) is 94.4 Å². The molecule has 0 aliphatic heterocycles. The van der Waals surface area contributed by atoms with Gasteiger partial charge in [0.15, 0.2) is 0 Å². The molecule has 0 fully saturated rings. The van der Waals surface area contributed by atoms with Crippen molar-refractivity contribution in [1.29, 1.82) is 5.26 Å². The van der Waals surface area contributed by atoms with Crippen molar-refractivity contribution < 1.29 is 0 Å². The minimum atomic E-state index is 0.164. The lowest BCUT2D eigenvalue weighted by molar-refractivity contribution is 0.590. The molecule has 0 amide bonds. The zero-order valence-electron chi connectivity index (χ0n) is 20.7. The van der Waals surface area contributed by atoms with Crippen LogP contribution in [-0.4, -0.2) is 16.5 Å².